The van der Waals surface area contributed by atoms with Gasteiger partial charge in [-0.3, -0.25) is 4.79 Å². The minimum atomic E-state index is -0.0730. The smallest absolute Gasteiger partial charge is 0.217 e. The van der Waals surface area contributed by atoms with Crippen LogP contribution in [0.5, 0.6) is 0 Å². The quantitative estimate of drug-likeness (QED) is 0.700. The fourth-order valence-corrected chi connectivity index (χ4v) is 0.923. The summed E-state index contributed by atoms with van der Waals surface area (Å²) in [6.07, 6.45) is 1.60. The molecule has 4 heteroatoms. The molecule has 0 bridgehead atoms. The summed E-state index contributed by atoms with van der Waals surface area (Å²) in [5.41, 5.74) is 0.771. The molecule has 0 fully saturated rings. The molecule has 64 valence electrons. The van der Waals surface area contributed by atoms with E-state index in [-0.39, 0.29) is 11.9 Å². The highest BCUT2D eigenvalue weighted by molar-refractivity contribution is 5.73. The van der Waals surface area contributed by atoms with E-state index in [0.29, 0.717) is 0 Å². The summed E-state index contributed by atoms with van der Waals surface area (Å²) in [4.78, 5) is 10.7. The average Bonchev–Trinajstić information content (AvgIpc) is 2.05. The van der Waals surface area contributed by atoms with Crippen LogP contribution in [0.1, 0.15) is 25.6 Å². The monoisotopic (exact) mass is 165 g/mol. The van der Waals surface area contributed by atoms with Gasteiger partial charge in [0.15, 0.2) is 0 Å². The van der Waals surface area contributed by atoms with Crippen molar-refractivity contribution in [2.75, 3.05) is 0 Å². The first-order chi connectivity index (χ1) is 5.70. The van der Waals surface area contributed by atoms with E-state index >= 15 is 0 Å². The molecular weight excluding hydrogens is 154 g/mol. The van der Waals surface area contributed by atoms with E-state index in [4.69, 9.17) is 0 Å². The average molecular weight is 165 g/mol. The third-order valence-corrected chi connectivity index (χ3v) is 1.46. The van der Waals surface area contributed by atoms with E-state index in [2.05, 4.69) is 15.5 Å². The van der Waals surface area contributed by atoms with Gasteiger partial charge < -0.3 is 5.32 Å². The second kappa shape index (κ2) is 3.80. The van der Waals surface area contributed by atoms with Crippen molar-refractivity contribution < 1.29 is 4.79 Å². The van der Waals surface area contributed by atoms with Crippen molar-refractivity contribution in [1.82, 2.24) is 15.5 Å². The Balaban J connectivity index is 2.65. The molecule has 1 rings (SSSR count). The van der Waals surface area contributed by atoms with Gasteiger partial charge in [0.2, 0.25) is 5.91 Å². The molecule has 1 heterocycles. The molecule has 1 aromatic heterocycles. The summed E-state index contributed by atoms with van der Waals surface area (Å²) in [7, 11) is 0. The molecule has 0 saturated heterocycles. The zero-order chi connectivity index (χ0) is 8.97. The molecule has 1 aromatic rings. The first-order valence-corrected chi connectivity index (χ1v) is 3.75. The molecule has 1 amide bonds. The number of hydrogen-bond acceptors (Lipinski definition) is 3. The van der Waals surface area contributed by atoms with Crippen molar-refractivity contribution in [2.24, 2.45) is 0 Å². The van der Waals surface area contributed by atoms with Gasteiger partial charge >= 0.3 is 0 Å². The Morgan fingerprint density at radius 3 is 2.92 bits per heavy atom. The number of amides is 1. The zero-order valence-electron chi connectivity index (χ0n) is 7.11. The lowest BCUT2D eigenvalue weighted by atomic mass is 10.2. The van der Waals surface area contributed by atoms with E-state index in [1.165, 1.54) is 6.92 Å². The van der Waals surface area contributed by atoms with Crippen LogP contribution in [0.3, 0.4) is 0 Å². The van der Waals surface area contributed by atoms with Crippen molar-refractivity contribution >= 4 is 5.91 Å². The standard InChI is InChI=1S/C8H11N3O/c1-6(10-7(2)12)8-4-3-5-9-11-8/h3-6H,1-2H3,(H,10,12)/t6-/m1/s1. The predicted molar refractivity (Wildman–Crippen MR) is 44.3 cm³/mol. The van der Waals surface area contributed by atoms with Crippen molar-refractivity contribution in [1.29, 1.82) is 0 Å². The Labute approximate surface area is 71.0 Å². The second-order valence-electron chi connectivity index (χ2n) is 2.57. The highest BCUT2D eigenvalue weighted by atomic mass is 16.1. The van der Waals surface area contributed by atoms with Crippen LogP contribution in [0.15, 0.2) is 18.3 Å². The first kappa shape index (κ1) is 8.64. The normalized spacial score (nSPS) is 12.2. The van der Waals surface area contributed by atoms with E-state index in [0.717, 1.165) is 5.69 Å². The van der Waals surface area contributed by atoms with Gasteiger partial charge in [0, 0.05) is 13.1 Å². The summed E-state index contributed by atoms with van der Waals surface area (Å²) < 4.78 is 0. The van der Waals surface area contributed by atoms with E-state index in [1.54, 1.807) is 12.3 Å². The maximum absolute atomic E-state index is 10.7. The predicted octanol–water partition coefficient (Wildman–Crippen LogP) is 0.674. The molecule has 0 unspecified atom stereocenters. The van der Waals surface area contributed by atoms with Crippen LogP contribution in [0.25, 0.3) is 0 Å². The summed E-state index contributed by atoms with van der Waals surface area (Å²) in [5.74, 6) is -0.0619. The van der Waals surface area contributed by atoms with E-state index in [9.17, 15) is 4.79 Å². The lowest BCUT2D eigenvalue weighted by Crippen LogP contribution is -2.24. The summed E-state index contributed by atoms with van der Waals surface area (Å²) >= 11 is 0. The van der Waals surface area contributed by atoms with E-state index < -0.39 is 0 Å². The van der Waals surface area contributed by atoms with Gasteiger partial charge in [-0.2, -0.15) is 10.2 Å². The second-order valence-corrected chi connectivity index (χ2v) is 2.57. The highest BCUT2D eigenvalue weighted by Gasteiger charge is 2.06. The summed E-state index contributed by atoms with van der Waals surface area (Å²) in [5, 5.41) is 10.3. The lowest BCUT2D eigenvalue weighted by molar-refractivity contribution is -0.119. The number of aromatic nitrogens is 2. The number of nitrogens with zero attached hydrogens (tertiary/aromatic N) is 2. The maximum Gasteiger partial charge on any atom is 0.217 e. The molecule has 4 nitrogen and oxygen atoms in total. The van der Waals surface area contributed by atoms with Crippen LogP contribution >= 0.6 is 0 Å². The maximum atomic E-state index is 10.7. The number of hydrogen-bond donors (Lipinski definition) is 1. The van der Waals surface area contributed by atoms with Crippen LogP contribution in [-0.4, -0.2) is 16.1 Å². The third kappa shape index (κ3) is 2.30. The Bertz CT molecular complexity index is 260. The van der Waals surface area contributed by atoms with Gasteiger partial charge in [0.05, 0.1) is 11.7 Å². The van der Waals surface area contributed by atoms with Gasteiger partial charge in [0.1, 0.15) is 0 Å². The molecule has 0 radical (unpaired) electrons. The number of carbonyl (C=O) groups excluding carboxylic acids is 1. The zero-order valence-corrected chi connectivity index (χ0v) is 7.11. The van der Waals surface area contributed by atoms with Crippen LogP contribution in [-0.2, 0) is 4.79 Å². The van der Waals surface area contributed by atoms with Crippen molar-refractivity contribution in [3.8, 4) is 0 Å². The molecular formula is C8H11N3O. The Morgan fingerprint density at radius 2 is 2.42 bits per heavy atom. The molecule has 1 N–H and O–H groups in total. The molecule has 0 spiro atoms. The molecule has 12 heavy (non-hydrogen) atoms. The van der Waals surface area contributed by atoms with Crippen LogP contribution in [0, 0.1) is 0 Å². The van der Waals surface area contributed by atoms with Crippen molar-refractivity contribution in [3.05, 3.63) is 24.0 Å². The number of nitrogens with one attached hydrogen (secondary N) is 1. The fourth-order valence-electron chi connectivity index (χ4n) is 0.923. The van der Waals surface area contributed by atoms with Gasteiger partial charge in [-0.1, -0.05) is 0 Å². The molecule has 0 aliphatic rings. The van der Waals surface area contributed by atoms with Crippen molar-refractivity contribution in [3.63, 3.8) is 0 Å². The van der Waals surface area contributed by atoms with E-state index in [1.807, 2.05) is 13.0 Å². The third-order valence-electron chi connectivity index (χ3n) is 1.46. The van der Waals surface area contributed by atoms with Gasteiger partial charge in [-0.05, 0) is 19.1 Å². The van der Waals surface area contributed by atoms with Gasteiger partial charge in [-0.25, -0.2) is 0 Å². The fraction of sp³-hybridized carbons (Fsp3) is 0.375. The Kier molecular flexibility index (Phi) is 2.74. The molecule has 0 aliphatic carbocycles. The van der Waals surface area contributed by atoms with Crippen molar-refractivity contribution in [2.45, 2.75) is 19.9 Å². The minimum Gasteiger partial charge on any atom is -0.348 e. The topological polar surface area (TPSA) is 54.9 Å². The number of rotatable bonds is 2. The SMILES string of the molecule is CC(=O)N[C@H](C)c1cccnn1. The van der Waals surface area contributed by atoms with Crippen LogP contribution in [0.4, 0.5) is 0 Å². The number of carbonyl (C=O) groups is 1. The largest absolute Gasteiger partial charge is 0.348 e. The molecule has 0 aromatic carbocycles. The van der Waals surface area contributed by atoms with Crippen LogP contribution in [0.2, 0.25) is 0 Å². The van der Waals surface area contributed by atoms with Gasteiger partial charge in [0.25, 0.3) is 0 Å². The Hall–Kier alpha value is -1.45. The molecule has 0 aliphatic heterocycles. The summed E-state index contributed by atoms with van der Waals surface area (Å²) in [6, 6.07) is 3.55. The first-order valence-electron chi connectivity index (χ1n) is 3.75. The summed E-state index contributed by atoms with van der Waals surface area (Å²) in [6.45, 7) is 3.35. The van der Waals surface area contributed by atoms with Crippen LogP contribution < -0.4 is 5.32 Å². The van der Waals surface area contributed by atoms with Gasteiger partial charge in [-0.15, -0.1) is 0 Å². The molecule has 0 saturated carbocycles. The highest BCUT2D eigenvalue weighted by Crippen LogP contribution is 2.05. The Morgan fingerprint density at radius 1 is 1.67 bits per heavy atom. The molecule has 1 atom stereocenters. The minimum absolute atomic E-state index is 0.0619. The lowest BCUT2D eigenvalue weighted by Gasteiger charge is -2.09.